The van der Waals surface area contributed by atoms with Crippen LogP contribution in [-0.4, -0.2) is 62.7 Å². The molecule has 1 aromatic carbocycles. The second kappa shape index (κ2) is 6.19. The van der Waals surface area contributed by atoms with Crippen molar-refractivity contribution in [2.24, 2.45) is 11.3 Å². The molecular weight excluding hydrogens is 300 g/mol. The highest BCUT2D eigenvalue weighted by molar-refractivity contribution is 6.30. The molecule has 1 aromatic rings. The van der Waals surface area contributed by atoms with E-state index < -0.39 is 0 Å². The number of halogens is 1. The molecule has 22 heavy (non-hydrogen) atoms. The molecule has 0 radical (unpaired) electrons. The van der Waals surface area contributed by atoms with Crippen LogP contribution in [0.15, 0.2) is 24.3 Å². The minimum atomic E-state index is 0.110. The Morgan fingerprint density at radius 1 is 1.36 bits per heavy atom. The molecule has 0 saturated carbocycles. The molecule has 2 aliphatic heterocycles. The molecule has 2 saturated heterocycles. The summed E-state index contributed by atoms with van der Waals surface area (Å²) in [7, 11) is 3.92. The monoisotopic (exact) mass is 322 g/mol. The topological polar surface area (TPSA) is 32.8 Å². The summed E-state index contributed by atoms with van der Waals surface area (Å²) in [6, 6.07) is 7.17. The predicted octanol–water partition coefficient (Wildman–Crippen LogP) is 2.38. The van der Waals surface area contributed by atoms with Crippen LogP contribution < -0.4 is 0 Å². The summed E-state index contributed by atoms with van der Waals surface area (Å²) >= 11 is 5.90. The fraction of sp³-hybridized carbons (Fsp3) is 0.588. The number of hydrogen-bond acceptors (Lipinski definition) is 3. The van der Waals surface area contributed by atoms with Gasteiger partial charge in [0.15, 0.2) is 0 Å². The molecule has 0 unspecified atom stereocenters. The van der Waals surface area contributed by atoms with Gasteiger partial charge in [0.1, 0.15) is 0 Å². The summed E-state index contributed by atoms with van der Waals surface area (Å²) in [4.78, 5) is 17.0. The lowest BCUT2D eigenvalue weighted by Gasteiger charge is -2.30. The predicted molar refractivity (Wildman–Crippen MR) is 87.3 cm³/mol. The average Bonchev–Trinajstić information content (AvgIpc) is 3.04. The van der Waals surface area contributed by atoms with Crippen LogP contribution in [0.5, 0.6) is 0 Å². The average molecular weight is 323 g/mol. The lowest BCUT2D eigenvalue weighted by molar-refractivity contribution is 0.0716. The van der Waals surface area contributed by atoms with Crippen molar-refractivity contribution in [1.82, 2.24) is 9.80 Å². The van der Waals surface area contributed by atoms with E-state index in [1.807, 2.05) is 17.0 Å². The van der Waals surface area contributed by atoms with Crippen molar-refractivity contribution >= 4 is 17.5 Å². The van der Waals surface area contributed by atoms with Gasteiger partial charge in [-0.15, -0.1) is 0 Å². The smallest absolute Gasteiger partial charge is 0.253 e. The molecule has 3 rings (SSSR count). The summed E-state index contributed by atoms with van der Waals surface area (Å²) < 4.78 is 5.41. The summed E-state index contributed by atoms with van der Waals surface area (Å²) in [5.41, 5.74) is 0.906. The van der Waals surface area contributed by atoms with Crippen LogP contribution in [0.25, 0.3) is 0 Å². The summed E-state index contributed by atoms with van der Waals surface area (Å²) in [6.07, 6.45) is 1.06. The Balaban J connectivity index is 1.73. The number of rotatable bonds is 3. The number of ether oxygens (including phenoxy) is 1. The first-order chi connectivity index (χ1) is 10.5. The van der Waals surface area contributed by atoms with Gasteiger partial charge in [0, 0.05) is 55.2 Å². The zero-order valence-electron chi connectivity index (χ0n) is 13.2. The third-order valence-electron chi connectivity index (χ3n) is 5.11. The van der Waals surface area contributed by atoms with Gasteiger partial charge in [-0.05, 0) is 37.7 Å². The van der Waals surface area contributed by atoms with Crippen LogP contribution in [0.1, 0.15) is 16.8 Å². The molecule has 4 nitrogen and oxygen atoms in total. The maximum absolute atomic E-state index is 12.7. The Morgan fingerprint density at radius 2 is 2.09 bits per heavy atom. The third-order valence-corrected chi connectivity index (χ3v) is 5.37. The maximum Gasteiger partial charge on any atom is 0.253 e. The van der Waals surface area contributed by atoms with Crippen LogP contribution in [0.2, 0.25) is 5.02 Å². The molecule has 0 N–H and O–H groups in total. The number of amides is 1. The fourth-order valence-corrected chi connectivity index (χ4v) is 4.16. The highest BCUT2D eigenvalue weighted by Crippen LogP contribution is 2.43. The molecular formula is C17H23ClN2O2. The van der Waals surface area contributed by atoms with Crippen molar-refractivity contribution in [1.29, 1.82) is 0 Å². The van der Waals surface area contributed by atoms with Crippen molar-refractivity contribution < 1.29 is 9.53 Å². The van der Waals surface area contributed by atoms with Crippen molar-refractivity contribution in [3.05, 3.63) is 34.9 Å². The fourth-order valence-electron chi connectivity index (χ4n) is 4.04. The number of methoxy groups -OCH3 is 1. The van der Waals surface area contributed by atoms with Gasteiger partial charge in [0.25, 0.3) is 5.91 Å². The van der Waals surface area contributed by atoms with E-state index in [0.717, 1.165) is 44.8 Å². The van der Waals surface area contributed by atoms with E-state index in [1.165, 1.54) is 0 Å². The largest absolute Gasteiger partial charge is 0.384 e. The minimum absolute atomic E-state index is 0.110. The second-order valence-electron chi connectivity index (χ2n) is 6.69. The zero-order chi connectivity index (χ0) is 15.7. The number of nitrogens with zero attached hydrogens (tertiary/aromatic N) is 2. The van der Waals surface area contributed by atoms with Gasteiger partial charge in [0.05, 0.1) is 6.61 Å². The van der Waals surface area contributed by atoms with Crippen LogP contribution in [0, 0.1) is 11.3 Å². The van der Waals surface area contributed by atoms with E-state index in [2.05, 4.69) is 11.9 Å². The Hall–Kier alpha value is -1.10. The number of carbonyl (C=O) groups is 1. The summed E-state index contributed by atoms with van der Waals surface area (Å²) in [6.45, 7) is 4.53. The third kappa shape index (κ3) is 2.87. The van der Waals surface area contributed by atoms with Crippen LogP contribution in [-0.2, 0) is 4.74 Å². The molecule has 0 aromatic heterocycles. The van der Waals surface area contributed by atoms with Crippen LogP contribution in [0.3, 0.4) is 0 Å². The lowest BCUT2D eigenvalue weighted by Crippen LogP contribution is -2.38. The molecule has 1 amide bonds. The molecule has 2 heterocycles. The quantitative estimate of drug-likeness (QED) is 0.856. The molecule has 0 aliphatic carbocycles. The van der Waals surface area contributed by atoms with Gasteiger partial charge in [-0.2, -0.15) is 0 Å². The van der Waals surface area contributed by atoms with Gasteiger partial charge in [-0.1, -0.05) is 11.6 Å². The van der Waals surface area contributed by atoms with Crippen molar-refractivity contribution in [2.75, 3.05) is 46.9 Å². The first-order valence-corrected chi connectivity index (χ1v) is 8.14. The zero-order valence-corrected chi connectivity index (χ0v) is 14.0. The van der Waals surface area contributed by atoms with E-state index in [4.69, 9.17) is 16.3 Å². The Kier molecular flexibility index (Phi) is 4.44. The van der Waals surface area contributed by atoms with Crippen molar-refractivity contribution in [3.63, 3.8) is 0 Å². The van der Waals surface area contributed by atoms with Crippen molar-refractivity contribution in [2.45, 2.75) is 6.42 Å². The second-order valence-corrected chi connectivity index (χ2v) is 7.13. The first-order valence-electron chi connectivity index (χ1n) is 7.76. The number of likely N-dealkylation sites (tertiary alicyclic amines) is 2. The Bertz CT molecular complexity index is 548. The number of carbonyl (C=O) groups excluding carboxylic acids is 1. The van der Waals surface area contributed by atoms with E-state index in [-0.39, 0.29) is 11.3 Å². The molecule has 0 bridgehead atoms. The molecule has 1 spiro atoms. The molecule has 120 valence electrons. The Labute approximate surface area is 137 Å². The maximum atomic E-state index is 12.7. The van der Waals surface area contributed by atoms with E-state index in [1.54, 1.807) is 19.2 Å². The van der Waals surface area contributed by atoms with Gasteiger partial charge in [-0.3, -0.25) is 4.79 Å². The first kappa shape index (κ1) is 15.8. The summed E-state index contributed by atoms with van der Waals surface area (Å²) in [5, 5.41) is 0.659. The minimum Gasteiger partial charge on any atom is -0.384 e. The number of benzene rings is 1. The van der Waals surface area contributed by atoms with E-state index >= 15 is 0 Å². The van der Waals surface area contributed by atoms with Crippen LogP contribution >= 0.6 is 11.6 Å². The Morgan fingerprint density at radius 3 is 2.77 bits per heavy atom. The highest BCUT2D eigenvalue weighted by atomic mass is 35.5. The lowest BCUT2D eigenvalue weighted by atomic mass is 9.77. The van der Waals surface area contributed by atoms with Gasteiger partial charge < -0.3 is 14.5 Å². The number of hydrogen-bond donors (Lipinski definition) is 0. The van der Waals surface area contributed by atoms with Gasteiger partial charge in [-0.25, -0.2) is 0 Å². The van der Waals surface area contributed by atoms with Gasteiger partial charge in [0.2, 0.25) is 0 Å². The van der Waals surface area contributed by atoms with Crippen molar-refractivity contribution in [3.8, 4) is 0 Å². The van der Waals surface area contributed by atoms with Gasteiger partial charge >= 0.3 is 0 Å². The standard InChI is InChI=1S/C17H23ClN2O2/c1-19-9-14(10-22-2)17(11-19)7-8-20(12-17)16(21)13-3-5-15(18)6-4-13/h3-6,14H,7-12H2,1-2H3/t14-,17-/m1/s1. The molecule has 2 aliphatic rings. The van der Waals surface area contributed by atoms with Crippen LogP contribution in [0.4, 0.5) is 0 Å². The SMILES string of the molecule is COC[C@H]1CN(C)C[C@@]12CCN(C(=O)c1ccc(Cl)cc1)C2. The molecule has 5 heteroatoms. The summed E-state index contributed by atoms with van der Waals surface area (Å²) in [5.74, 6) is 0.616. The van der Waals surface area contributed by atoms with E-state index in [9.17, 15) is 4.79 Å². The van der Waals surface area contributed by atoms with E-state index in [0.29, 0.717) is 10.9 Å². The molecule has 2 atom stereocenters. The molecule has 2 fully saturated rings. The normalized spacial score (nSPS) is 28.7. The highest BCUT2D eigenvalue weighted by Gasteiger charge is 2.50.